The molecule has 0 fully saturated rings. The van der Waals surface area contributed by atoms with Gasteiger partial charge in [0.1, 0.15) is 0 Å². The predicted octanol–water partition coefficient (Wildman–Crippen LogP) is 4.52. The van der Waals surface area contributed by atoms with Crippen LogP contribution in [0.4, 0.5) is 16.2 Å². The minimum Gasteiger partial charge on any atom is -0.334 e. The number of fused-ring (bicyclic) bond motifs is 1. The summed E-state index contributed by atoms with van der Waals surface area (Å²) in [5.41, 5.74) is 5.70. The van der Waals surface area contributed by atoms with E-state index in [1.165, 1.54) is 0 Å². The molecule has 0 saturated carbocycles. The lowest BCUT2D eigenvalue weighted by Crippen LogP contribution is -2.29. The number of anilines is 2. The smallest absolute Gasteiger partial charge is 0.319 e. The van der Waals surface area contributed by atoms with E-state index < -0.39 is 0 Å². The second-order valence-electron chi connectivity index (χ2n) is 7.21. The Bertz CT molecular complexity index is 1030. The van der Waals surface area contributed by atoms with Crippen LogP contribution in [0, 0.1) is 6.92 Å². The highest BCUT2D eigenvalue weighted by atomic mass is 16.2. The van der Waals surface area contributed by atoms with Crippen LogP contribution in [0.1, 0.15) is 27.0 Å². The van der Waals surface area contributed by atoms with Gasteiger partial charge in [-0.1, -0.05) is 48.0 Å². The normalized spacial score (nSPS) is 12.4. The molecule has 0 bridgehead atoms. The van der Waals surface area contributed by atoms with E-state index in [0.717, 1.165) is 34.5 Å². The quantitative estimate of drug-likeness (QED) is 0.694. The number of aryl methyl sites for hydroxylation is 1. The van der Waals surface area contributed by atoms with E-state index in [9.17, 15) is 9.59 Å². The van der Waals surface area contributed by atoms with Crippen molar-refractivity contribution in [3.8, 4) is 0 Å². The molecule has 146 valence electrons. The lowest BCUT2D eigenvalue weighted by molar-refractivity contribution is 0.0989. The zero-order valence-corrected chi connectivity index (χ0v) is 16.3. The first-order chi connectivity index (χ1) is 14.1. The van der Waals surface area contributed by atoms with Crippen LogP contribution in [0.3, 0.4) is 0 Å². The molecule has 0 aromatic heterocycles. The summed E-state index contributed by atoms with van der Waals surface area (Å²) in [5.74, 6) is 0.0210. The van der Waals surface area contributed by atoms with Crippen molar-refractivity contribution >= 4 is 23.3 Å². The van der Waals surface area contributed by atoms with E-state index in [2.05, 4.69) is 16.7 Å². The topological polar surface area (TPSA) is 61.4 Å². The monoisotopic (exact) mass is 385 g/mol. The van der Waals surface area contributed by atoms with E-state index in [4.69, 9.17) is 0 Å². The van der Waals surface area contributed by atoms with Crippen LogP contribution in [-0.2, 0) is 13.0 Å². The Morgan fingerprint density at radius 1 is 0.966 bits per heavy atom. The van der Waals surface area contributed by atoms with Gasteiger partial charge in [0.05, 0.1) is 0 Å². The lowest BCUT2D eigenvalue weighted by atomic mass is 10.1. The van der Waals surface area contributed by atoms with Crippen LogP contribution in [0.5, 0.6) is 0 Å². The van der Waals surface area contributed by atoms with Crippen molar-refractivity contribution in [2.45, 2.75) is 19.9 Å². The van der Waals surface area contributed by atoms with E-state index in [1.807, 2.05) is 78.6 Å². The van der Waals surface area contributed by atoms with E-state index in [0.29, 0.717) is 18.7 Å². The number of benzene rings is 3. The summed E-state index contributed by atoms with van der Waals surface area (Å²) in [6.45, 7) is 3.11. The summed E-state index contributed by atoms with van der Waals surface area (Å²) >= 11 is 0. The van der Waals surface area contributed by atoms with Gasteiger partial charge in [0.25, 0.3) is 5.91 Å². The molecular weight excluding hydrogens is 362 g/mol. The average Bonchev–Trinajstić information content (AvgIpc) is 3.17. The van der Waals surface area contributed by atoms with Crippen molar-refractivity contribution in [3.63, 3.8) is 0 Å². The number of carbonyl (C=O) groups is 2. The number of rotatable bonds is 4. The molecule has 4 rings (SSSR count). The van der Waals surface area contributed by atoms with E-state index in [1.54, 1.807) is 0 Å². The fourth-order valence-corrected chi connectivity index (χ4v) is 3.51. The molecule has 1 aliphatic heterocycles. The van der Waals surface area contributed by atoms with Crippen molar-refractivity contribution in [1.29, 1.82) is 0 Å². The van der Waals surface area contributed by atoms with Gasteiger partial charge in [-0.05, 0) is 54.8 Å². The van der Waals surface area contributed by atoms with Crippen LogP contribution in [-0.4, -0.2) is 18.5 Å². The first-order valence-electron chi connectivity index (χ1n) is 9.70. The average molecular weight is 385 g/mol. The molecule has 3 aromatic carbocycles. The SMILES string of the molecule is Cc1ccc(NC(=O)NCc2ccc3c(c2)CCN3C(=O)c2ccccc2)cc1. The third-order valence-corrected chi connectivity index (χ3v) is 5.07. The van der Waals surface area contributed by atoms with Crippen LogP contribution in [0.25, 0.3) is 0 Å². The molecule has 29 heavy (non-hydrogen) atoms. The fourth-order valence-electron chi connectivity index (χ4n) is 3.51. The van der Waals surface area contributed by atoms with Crippen LogP contribution >= 0.6 is 0 Å². The maximum absolute atomic E-state index is 12.8. The molecule has 0 saturated heterocycles. The van der Waals surface area contributed by atoms with Crippen LogP contribution in [0.2, 0.25) is 0 Å². The summed E-state index contributed by atoms with van der Waals surface area (Å²) in [6, 6.07) is 22.8. The number of urea groups is 1. The van der Waals surface area contributed by atoms with Crippen molar-refractivity contribution in [2.75, 3.05) is 16.8 Å². The second-order valence-corrected chi connectivity index (χ2v) is 7.21. The number of nitrogens with one attached hydrogen (secondary N) is 2. The number of carbonyl (C=O) groups excluding carboxylic acids is 2. The van der Waals surface area contributed by atoms with Gasteiger partial charge in [0.15, 0.2) is 0 Å². The van der Waals surface area contributed by atoms with E-state index in [-0.39, 0.29) is 11.9 Å². The minimum atomic E-state index is -0.241. The first kappa shape index (κ1) is 18.7. The summed E-state index contributed by atoms with van der Waals surface area (Å²) < 4.78 is 0. The van der Waals surface area contributed by atoms with Gasteiger partial charge >= 0.3 is 6.03 Å². The van der Waals surface area contributed by atoms with Crippen molar-refractivity contribution in [3.05, 3.63) is 95.1 Å². The highest BCUT2D eigenvalue weighted by molar-refractivity contribution is 6.07. The van der Waals surface area contributed by atoms with Gasteiger partial charge in [-0.3, -0.25) is 4.79 Å². The number of nitrogens with zero attached hydrogens (tertiary/aromatic N) is 1. The Morgan fingerprint density at radius 2 is 1.72 bits per heavy atom. The van der Waals surface area contributed by atoms with Gasteiger partial charge in [-0.2, -0.15) is 0 Å². The Morgan fingerprint density at radius 3 is 2.48 bits per heavy atom. The predicted molar refractivity (Wildman–Crippen MR) is 115 cm³/mol. The number of hydrogen-bond acceptors (Lipinski definition) is 2. The zero-order valence-electron chi connectivity index (χ0n) is 16.3. The Hall–Kier alpha value is -3.60. The highest BCUT2D eigenvalue weighted by Gasteiger charge is 2.25. The van der Waals surface area contributed by atoms with Gasteiger partial charge in [-0.25, -0.2) is 4.79 Å². The largest absolute Gasteiger partial charge is 0.334 e. The molecule has 0 unspecified atom stereocenters. The van der Waals surface area contributed by atoms with Gasteiger partial charge in [0, 0.05) is 30.0 Å². The highest BCUT2D eigenvalue weighted by Crippen LogP contribution is 2.30. The third-order valence-electron chi connectivity index (χ3n) is 5.07. The van der Waals surface area contributed by atoms with Gasteiger partial charge in [-0.15, -0.1) is 0 Å². The molecule has 5 nitrogen and oxygen atoms in total. The summed E-state index contributed by atoms with van der Waals surface area (Å²) in [7, 11) is 0. The number of hydrogen-bond donors (Lipinski definition) is 2. The number of amides is 3. The van der Waals surface area contributed by atoms with Gasteiger partial charge < -0.3 is 15.5 Å². The van der Waals surface area contributed by atoms with E-state index >= 15 is 0 Å². The first-order valence-corrected chi connectivity index (χ1v) is 9.70. The zero-order chi connectivity index (χ0) is 20.2. The Balaban J connectivity index is 1.38. The van der Waals surface area contributed by atoms with Gasteiger partial charge in [0.2, 0.25) is 0 Å². The van der Waals surface area contributed by atoms with Crippen LogP contribution < -0.4 is 15.5 Å². The molecule has 3 amide bonds. The molecule has 0 atom stereocenters. The van der Waals surface area contributed by atoms with Crippen molar-refractivity contribution in [1.82, 2.24) is 5.32 Å². The molecule has 2 N–H and O–H groups in total. The molecule has 1 aliphatic rings. The van der Waals surface area contributed by atoms with Crippen molar-refractivity contribution < 1.29 is 9.59 Å². The summed E-state index contributed by atoms with van der Waals surface area (Å²) in [6.07, 6.45) is 0.817. The molecule has 3 aromatic rings. The summed E-state index contributed by atoms with van der Waals surface area (Å²) in [4.78, 5) is 26.7. The minimum absolute atomic E-state index is 0.0210. The lowest BCUT2D eigenvalue weighted by Gasteiger charge is -2.17. The van der Waals surface area contributed by atoms with Crippen molar-refractivity contribution in [2.24, 2.45) is 0 Å². The molecule has 0 radical (unpaired) electrons. The Kier molecular flexibility index (Phi) is 5.29. The maximum atomic E-state index is 12.8. The maximum Gasteiger partial charge on any atom is 0.319 e. The molecule has 0 aliphatic carbocycles. The van der Waals surface area contributed by atoms with Crippen LogP contribution in [0.15, 0.2) is 72.8 Å². The summed E-state index contributed by atoms with van der Waals surface area (Å²) in [5, 5.41) is 5.71. The molecule has 5 heteroatoms. The standard InChI is InChI=1S/C24H23N3O2/c1-17-7-10-21(11-8-17)26-24(29)25-16-18-9-12-22-20(15-18)13-14-27(22)23(28)19-5-3-2-4-6-19/h2-12,15H,13-14,16H2,1H3,(H2,25,26,29). The molecule has 0 spiro atoms. The fraction of sp³-hybridized carbons (Fsp3) is 0.167. The molecule has 1 heterocycles. The third kappa shape index (κ3) is 4.29. The second kappa shape index (κ2) is 8.19. The molecular formula is C24H23N3O2. The Labute approximate surface area is 170 Å².